The van der Waals surface area contributed by atoms with E-state index in [0.29, 0.717) is 36.2 Å². The van der Waals surface area contributed by atoms with Gasteiger partial charge in [-0.25, -0.2) is 15.0 Å². The number of aromatic nitrogens is 4. The van der Waals surface area contributed by atoms with Crippen molar-refractivity contribution in [3.05, 3.63) is 78.5 Å². The van der Waals surface area contributed by atoms with Gasteiger partial charge in [-0.15, -0.1) is 0 Å². The van der Waals surface area contributed by atoms with Crippen LogP contribution in [0.1, 0.15) is 31.7 Å². The minimum atomic E-state index is -0.249. The van der Waals surface area contributed by atoms with E-state index >= 15 is 0 Å². The van der Waals surface area contributed by atoms with E-state index in [1.165, 1.54) is 0 Å². The van der Waals surface area contributed by atoms with Gasteiger partial charge in [-0.3, -0.25) is 9.36 Å². The molecule has 2 aromatic carbocycles. The van der Waals surface area contributed by atoms with Crippen LogP contribution in [0, 0.1) is 0 Å². The van der Waals surface area contributed by atoms with Crippen LogP contribution in [0.15, 0.2) is 72.9 Å². The number of rotatable bonds is 4. The molecule has 3 aromatic heterocycles. The molecule has 1 fully saturated rings. The maximum absolute atomic E-state index is 12.3. The SMILES string of the molecule is CC(=O)N1CCOc2ccc(-c3ccc4nc(-c5cccnc5N)n(-c5ccc(C6(N)CCC6)cc5)c4n3)cc21. The van der Waals surface area contributed by atoms with Crippen molar-refractivity contribution in [3.8, 4) is 34.1 Å². The predicted octanol–water partition coefficient (Wildman–Crippen LogP) is 4.81. The highest BCUT2D eigenvalue weighted by Crippen LogP contribution is 2.40. The van der Waals surface area contributed by atoms with E-state index in [9.17, 15) is 4.79 Å². The van der Waals surface area contributed by atoms with E-state index in [1.54, 1.807) is 18.0 Å². The Balaban J connectivity index is 1.39. The maximum Gasteiger partial charge on any atom is 0.224 e. The van der Waals surface area contributed by atoms with Gasteiger partial charge < -0.3 is 21.1 Å². The first-order valence-electron chi connectivity index (χ1n) is 13.5. The van der Waals surface area contributed by atoms with Gasteiger partial charge in [0.25, 0.3) is 0 Å². The Bertz CT molecular complexity index is 1770. The quantitative estimate of drug-likeness (QED) is 0.341. The van der Waals surface area contributed by atoms with E-state index < -0.39 is 0 Å². The average Bonchev–Trinajstić information content (AvgIpc) is 3.34. The number of amides is 1. The number of imidazole rings is 1. The summed E-state index contributed by atoms with van der Waals surface area (Å²) in [5.74, 6) is 1.72. The lowest BCUT2D eigenvalue weighted by atomic mass is 9.73. The first-order valence-corrected chi connectivity index (χ1v) is 13.5. The Morgan fingerprint density at radius 3 is 2.58 bits per heavy atom. The summed E-state index contributed by atoms with van der Waals surface area (Å²) in [4.78, 5) is 28.3. The Labute approximate surface area is 231 Å². The summed E-state index contributed by atoms with van der Waals surface area (Å²) in [6, 6.07) is 21.8. The fraction of sp³-hybridized carbons (Fsp3) is 0.226. The van der Waals surface area contributed by atoms with Crippen LogP contribution in [0.25, 0.3) is 39.5 Å². The van der Waals surface area contributed by atoms with Crippen LogP contribution in [-0.4, -0.2) is 38.6 Å². The molecule has 4 N–H and O–H groups in total. The van der Waals surface area contributed by atoms with E-state index in [4.69, 9.17) is 26.2 Å². The molecule has 200 valence electrons. The lowest BCUT2D eigenvalue weighted by Crippen LogP contribution is -2.43. The number of anilines is 2. The Morgan fingerprint density at radius 2 is 1.85 bits per heavy atom. The molecule has 1 aliphatic carbocycles. The fourth-order valence-corrected chi connectivity index (χ4v) is 5.64. The van der Waals surface area contributed by atoms with Crippen molar-refractivity contribution in [2.24, 2.45) is 5.73 Å². The molecule has 0 atom stereocenters. The Hall–Kier alpha value is -4.76. The van der Waals surface area contributed by atoms with Crippen LogP contribution < -0.4 is 21.1 Å². The molecule has 1 saturated carbocycles. The molecule has 9 heteroatoms. The highest BCUT2D eigenvalue weighted by Gasteiger charge is 2.34. The molecule has 0 saturated heterocycles. The summed E-state index contributed by atoms with van der Waals surface area (Å²) in [6.07, 6.45) is 4.81. The van der Waals surface area contributed by atoms with Gasteiger partial charge in [0.1, 0.15) is 23.7 Å². The van der Waals surface area contributed by atoms with Gasteiger partial charge in [0.05, 0.1) is 23.5 Å². The second-order valence-electron chi connectivity index (χ2n) is 10.5. The normalized spacial score (nSPS) is 15.8. The van der Waals surface area contributed by atoms with Crippen LogP contribution in [0.5, 0.6) is 5.75 Å². The molecule has 1 amide bonds. The summed E-state index contributed by atoms with van der Waals surface area (Å²) in [5, 5.41) is 0. The lowest BCUT2D eigenvalue weighted by Gasteiger charge is -2.38. The number of ether oxygens (including phenoxy) is 1. The summed E-state index contributed by atoms with van der Waals surface area (Å²) in [6.45, 7) is 2.56. The van der Waals surface area contributed by atoms with Crippen molar-refractivity contribution in [2.45, 2.75) is 31.7 Å². The minimum Gasteiger partial charge on any atom is -0.490 e. The highest BCUT2D eigenvalue weighted by atomic mass is 16.5. The summed E-state index contributed by atoms with van der Waals surface area (Å²) in [5.41, 5.74) is 19.2. The van der Waals surface area contributed by atoms with Gasteiger partial charge >= 0.3 is 0 Å². The number of fused-ring (bicyclic) bond motifs is 2. The van der Waals surface area contributed by atoms with Crippen molar-refractivity contribution >= 4 is 28.6 Å². The van der Waals surface area contributed by atoms with Crippen LogP contribution in [0.3, 0.4) is 0 Å². The number of nitrogen functional groups attached to an aromatic ring is 1. The molecule has 0 radical (unpaired) electrons. The molecule has 0 unspecified atom stereocenters. The molecular formula is C31H29N7O2. The molecule has 0 bridgehead atoms. The largest absolute Gasteiger partial charge is 0.490 e. The van der Waals surface area contributed by atoms with Gasteiger partial charge in [-0.1, -0.05) is 12.1 Å². The van der Waals surface area contributed by atoms with Crippen molar-refractivity contribution in [1.29, 1.82) is 0 Å². The zero-order valence-electron chi connectivity index (χ0n) is 22.2. The van der Waals surface area contributed by atoms with Gasteiger partial charge in [-0.05, 0) is 79.4 Å². The molecule has 2 aliphatic rings. The monoisotopic (exact) mass is 531 g/mol. The molecule has 1 aliphatic heterocycles. The summed E-state index contributed by atoms with van der Waals surface area (Å²) < 4.78 is 7.81. The standard InChI is InChI=1S/C31H29N7O2/c1-19(39)37-16-17-40-27-12-5-20(18-26(27)37)24-10-11-25-30(35-24)38(29(36-25)23-4-2-15-34-28(23)32)22-8-6-21(7-9-22)31(33)13-3-14-31/h2,4-12,15,18H,3,13-14,16-17,33H2,1H3,(H2,32,34). The molecule has 0 spiro atoms. The zero-order chi connectivity index (χ0) is 27.4. The first kappa shape index (κ1) is 24.3. The average molecular weight is 532 g/mol. The summed E-state index contributed by atoms with van der Waals surface area (Å²) in [7, 11) is 0. The van der Waals surface area contributed by atoms with Crippen LogP contribution >= 0.6 is 0 Å². The third kappa shape index (κ3) is 3.89. The second-order valence-corrected chi connectivity index (χ2v) is 10.5. The van der Waals surface area contributed by atoms with Crippen molar-refractivity contribution in [2.75, 3.05) is 23.8 Å². The van der Waals surface area contributed by atoms with Crippen molar-refractivity contribution in [1.82, 2.24) is 19.5 Å². The molecule has 4 heterocycles. The lowest BCUT2D eigenvalue weighted by molar-refractivity contribution is -0.116. The van der Waals surface area contributed by atoms with E-state index in [0.717, 1.165) is 58.5 Å². The maximum atomic E-state index is 12.3. The van der Waals surface area contributed by atoms with E-state index in [2.05, 4.69) is 29.2 Å². The number of carbonyl (C=O) groups is 1. The fourth-order valence-electron chi connectivity index (χ4n) is 5.64. The van der Waals surface area contributed by atoms with E-state index in [1.807, 2.05) is 47.0 Å². The molecule has 40 heavy (non-hydrogen) atoms. The Morgan fingerprint density at radius 1 is 1.02 bits per heavy atom. The van der Waals surface area contributed by atoms with Crippen molar-refractivity contribution < 1.29 is 9.53 Å². The van der Waals surface area contributed by atoms with Crippen LogP contribution in [-0.2, 0) is 10.3 Å². The number of pyridine rings is 2. The molecule has 5 aromatic rings. The predicted molar refractivity (Wildman–Crippen MR) is 155 cm³/mol. The summed E-state index contributed by atoms with van der Waals surface area (Å²) >= 11 is 0. The van der Waals surface area contributed by atoms with Gasteiger partial charge in [0.15, 0.2) is 11.5 Å². The first-order chi connectivity index (χ1) is 19.4. The molecule has 9 nitrogen and oxygen atoms in total. The third-order valence-electron chi connectivity index (χ3n) is 8.03. The third-order valence-corrected chi connectivity index (χ3v) is 8.03. The van der Waals surface area contributed by atoms with Gasteiger partial charge in [0, 0.05) is 29.9 Å². The number of hydrogen-bond acceptors (Lipinski definition) is 7. The Kier molecular flexibility index (Phi) is 5.57. The smallest absolute Gasteiger partial charge is 0.224 e. The number of carbonyl (C=O) groups excluding carboxylic acids is 1. The minimum absolute atomic E-state index is 0.0218. The number of nitrogens with zero attached hydrogens (tertiary/aromatic N) is 5. The second kappa shape index (κ2) is 9.17. The van der Waals surface area contributed by atoms with Gasteiger partial charge in [0.2, 0.25) is 5.91 Å². The number of benzene rings is 2. The molecular weight excluding hydrogens is 502 g/mol. The number of nitrogens with two attached hydrogens (primary N) is 2. The van der Waals surface area contributed by atoms with Gasteiger partial charge in [-0.2, -0.15) is 0 Å². The van der Waals surface area contributed by atoms with Crippen LogP contribution in [0.4, 0.5) is 11.5 Å². The topological polar surface area (TPSA) is 125 Å². The van der Waals surface area contributed by atoms with Crippen LogP contribution in [0.2, 0.25) is 0 Å². The molecule has 7 rings (SSSR count). The van der Waals surface area contributed by atoms with Crippen molar-refractivity contribution in [3.63, 3.8) is 0 Å². The van der Waals surface area contributed by atoms with E-state index in [-0.39, 0.29) is 11.4 Å². The number of hydrogen-bond donors (Lipinski definition) is 2. The zero-order valence-corrected chi connectivity index (χ0v) is 22.2. The highest BCUT2D eigenvalue weighted by molar-refractivity contribution is 5.95.